The molecule has 0 N–H and O–H groups in total. The molecule has 360 valence electrons. The molecule has 65 heavy (non-hydrogen) atoms. The van der Waals surface area contributed by atoms with Crippen LogP contribution in [0, 0.1) is 0 Å². The van der Waals surface area contributed by atoms with Crippen LogP contribution in [0.25, 0.3) is 0 Å². The summed E-state index contributed by atoms with van der Waals surface area (Å²) in [5.74, 6) is 0. The van der Waals surface area contributed by atoms with Gasteiger partial charge in [-0.25, -0.2) is 0 Å². The van der Waals surface area contributed by atoms with Gasteiger partial charge in [0.1, 0.15) is 6.15 Å². The van der Waals surface area contributed by atoms with E-state index >= 15 is 0 Å². The second kappa shape index (κ2) is 17.1. The predicted molar refractivity (Wildman–Crippen MR) is 186 cm³/mol. The van der Waals surface area contributed by atoms with Gasteiger partial charge in [-0.1, -0.05) is 48.5 Å². The highest BCUT2D eigenvalue weighted by Crippen LogP contribution is 2.41. The zero-order valence-corrected chi connectivity index (χ0v) is 32.6. The molecule has 0 radical (unpaired) electrons. The Kier molecular flexibility index (Phi) is 13.9. The van der Waals surface area contributed by atoms with Gasteiger partial charge in [-0.2, -0.15) is 127 Å². The minimum atomic E-state index is -6.13. The molecule has 0 aromatic heterocycles. The van der Waals surface area contributed by atoms with E-state index in [0.29, 0.717) is 0 Å². The van der Waals surface area contributed by atoms with E-state index in [-0.39, 0.29) is 0 Å². The first-order valence-electron chi connectivity index (χ1n) is 18.2. The largest absolute Gasteiger partial charge is 0.416 e. The van der Waals surface area contributed by atoms with E-state index in [1.165, 1.54) is 37.0 Å². The molecular weight excluding hydrogens is 949 g/mol. The molecule has 0 spiro atoms. The Morgan fingerprint density at radius 2 is 0.477 bits per heavy atom. The van der Waals surface area contributed by atoms with Crippen LogP contribution in [0.15, 0.2) is 72.8 Å². The average molecular weight is 977 g/mol. The molecule has 1 nitrogen and oxygen atoms in total. The fraction of sp³-hybridized carbons (Fsp3) is 0.385. The summed E-state index contributed by atoms with van der Waals surface area (Å²) in [5, 5.41) is 0. The molecule has 1 saturated heterocycles. The molecule has 1 aliphatic rings. The van der Waals surface area contributed by atoms with Crippen LogP contribution in [-0.4, -0.2) is 37.3 Å². The second-order valence-electron chi connectivity index (χ2n) is 15.3. The second-order valence-corrected chi connectivity index (χ2v) is 15.3. The number of rotatable bonds is 5. The molecule has 0 amide bonds. The number of hydrogen-bond acceptors (Lipinski definition) is 0. The highest BCUT2D eigenvalue weighted by Gasteiger charge is 2.47. The summed E-state index contributed by atoms with van der Waals surface area (Å²) < 4.78 is 342. The van der Waals surface area contributed by atoms with Crippen molar-refractivity contribution in [3.05, 3.63) is 117 Å². The lowest BCUT2D eigenvalue weighted by atomic mass is 9.12. The third kappa shape index (κ3) is 12.0. The van der Waals surface area contributed by atoms with Crippen molar-refractivity contribution in [2.45, 2.75) is 69.2 Å². The van der Waals surface area contributed by atoms with Crippen molar-refractivity contribution in [2.75, 3.05) is 26.7 Å². The fourth-order valence-electron chi connectivity index (χ4n) is 7.49. The van der Waals surface area contributed by atoms with Crippen molar-refractivity contribution in [2.24, 2.45) is 0 Å². The topological polar surface area (TPSA) is 0 Å². The first kappa shape index (κ1) is 52.8. The van der Waals surface area contributed by atoms with Crippen LogP contribution < -0.4 is 21.9 Å². The van der Waals surface area contributed by atoms with Gasteiger partial charge in [0.05, 0.1) is 71.2 Å². The number of likely N-dealkylation sites (tertiary alicyclic amines) is 1. The van der Waals surface area contributed by atoms with E-state index < -0.39 is 195 Å². The highest BCUT2D eigenvalue weighted by molar-refractivity contribution is 7.20. The Labute approximate surface area is 351 Å². The summed E-state index contributed by atoms with van der Waals surface area (Å²) in [6.45, 7) is 6.43. The van der Waals surface area contributed by atoms with Crippen molar-refractivity contribution >= 4 is 28.0 Å². The molecule has 26 heteroatoms. The van der Waals surface area contributed by atoms with E-state index in [1.807, 2.05) is 0 Å². The van der Waals surface area contributed by atoms with Crippen LogP contribution in [0.1, 0.15) is 64.3 Å². The molecule has 5 rings (SSSR count). The monoisotopic (exact) mass is 977 g/mol. The molecule has 0 atom stereocenters. The van der Waals surface area contributed by atoms with Gasteiger partial charge < -0.3 is 4.48 Å². The molecule has 0 unspecified atom stereocenters. The lowest BCUT2D eigenvalue weighted by molar-refractivity contribution is -0.895. The van der Waals surface area contributed by atoms with E-state index in [2.05, 4.69) is 14.0 Å². The van der Waals surface area contributed by atoms with Gasteiger partial charge >= 0.3 is 49.4 Å². The first-order valence-corrected chi connectivity index (χ1v) is 18.2. The molecule has 0 bridgehead atoms. The molecule has 0 saturated carbocycles. The van der Waals surface area contributed by atoms with Gasteiger partial charge in [0.25, 0.3) is 0 Å². The lowest BCUT2D eigenvalue weighted by Crippen LogP contribution is -2.75. The van der Waals surface area contributed by atoms with Gasteiger partial charge in [0, 0.05) is 12.8 Å². The molecule has 4 aromatic rings. The Morgan fingerprint density at radius 1 is 0.323 bits per heavy atom. The zero-order chi connectivity index (χ0) is 49.9. The Balaban J connectivity index is 0.00000104. The third-order valence-corrected chi connectivity index (χ3v) is 10.8. The van der Waals surface area contributed by atoms with Crippen LogP contribution in [0.4, 0.5) is 105 Å². The van der Waals surface area contributed by atoms with Crippen molar-refractivity contribution in [3.63, 3.8) is 0 Å². The maximum Gasteiger partial charge on any atom is 0.416 e. The number of hydrogen-bond donors (Lipinski definition) is 0. The summed E-state index contributed by atoms with van der Waals surface area (Å²) >= 11 is 0. The third-order valence-electron chi connectivity index (χ3n) is 10.8. The molecular formula is C39H28BF24N. The van der Waals surface area contributed by atoms with Crippen LogP contribution in [0.3, 0.4) is 0 Å². The predicted octanol–water partition coefficient (Wildman–Crippen LogP) is 12.5. The van der Waals surface area contributed by atoms with Gasteiger partial charge in [0.2, 0.25) is 0 Å². The van der Waals surface area contributed by atoms with Gasteiger partial charge in [-0.05, 0) is 31.2 Å². The Hall–Kier alpha value is -4.78. The molecule has 0 aliphatic carbocycles. The number of halogens is 24. The maximum absolute atomic E-state index is 14.2. The normalized spacial score (nSPS) is 15.8. The summed E-state index contributed by atoms with van der Waals surface area (Å²) in [6, 6.07) is -8.81. The molecule has 1 heterocycles. The highest BCUT2D eigenvalue weighted by atomic mass is 19.4. The molecule has 1 aliphatic heterocycles. The SMILES string of the molecule is CC[N+]1(C)CCCC1.FC(F)(F)c1cc([B-](c2cc(C(F)(F)F)cc(C(F)(F)F)c2)(c2cc(C(F)(F)F)cc(C(F)(F)F)c2)c2cc(C(F)(F)F)cc(C(F)(F)F)c2)cc(C(F)(F)F)c1. The van der Waals surface area contributed by atoms with Crippen LogP contribution in [0.5, 0.6) is 0 Å². The summed E-state index contributed by atoms with van der Waals surface area (Å²) in [4.78, 5) is 0. The van der Waals surface area contributed by atoms with Crippen molar-refractivity contribution in [1.29, 1.82) is 0 Å². The van der Waals surface area contributed by atoms with E-state index in [1.54, 1.807) is 0 Å². The number of alkyl halides is 24. The maximum atomic E-state index is 14.2. The quantitative estimate of drug-likeness (QED) is 0.106. The van der Waals surface area contributed by atoms with Gasteiger partial charge in [-0.15, -0.1) is 0 Å². The van der Waals surface area contributed by atoms with Gasteiger partial charge in [-0.3, -0.25) is 0 Å². The number of benzene rings is 4. The van der Waals surface area contributed by atoms with Crippen LogP contribution in [-0.2, 0) is 49.4 Å². The first-order chi connectivity index (χ1) is 29.0. The molecule has 1 fully saturated rings. The van der Waals surface area contributed by atoms with E-state index in [0.717, 1.165) is 0 Å². The number of quaternary nitrogens is 1. The average Bonchev–Trinajstić information content (AvgIpc) is 3.59. The van der Waals surface area contributed by atoms with Crippen LogP contribution in [0.2, 0.25) is 0 Å². The van der Waals surface area contributed by atoms with Crippen LogP contribution >= 0.6 is 0 Å². The van der Waals surface area contributed by atoms with Crippen molar-refractivity contribution < 1.29 is 110 Å². The minimum Gasteiger partial charge on any atom is -0.326 e. The van der Waals surface area contributed by atoms with E-state index in [9.17, 15) is 105 Å². The Bertz CT molecular complexity index is 1890. The van der Waals surface area contributed by atoms with Crippen molar-refractivity contribution in [1.82, 2.24) is 0 Å². The molecule has 4 aromatic carbocycles. The zero-order valence-electron chi connectivity index (χ0n) is 32.6. The summed E-state index contributed by atoms with van der Waals surface area (Å²) in [7, 11) is 2.35. The standard InChI is InChI=1S/C32H12BF24.C7H16N/c34-25(35,36)13-1-14(26(37,38)39)6-21(5-13)33(22-7-15(27(40,41)42)2-16(8-22)28(43,44)45,23-9-17(29(46,47)48)3-18(10-23)30(49,50)51)24-11-19(31(52,53)54)4-20(12-24)32(55,56)57;1-3-8(2)6-4-5-7-8/h1-12H;3-7H2,1-2H3/q-1;+1. The number of nitrogens with zero attached hydrogens (tertiary/aromatic N) is 1. The van der Waals surface area contributed by atoms with Crippen molar-refractivity contribution in [3.8, 4) is 0 Å². The lowest BCUT2D eigenvalue weighted by Gasteiger charge is -2.46. The van der Waals surface area contributed by atoms with Gasteiger partial charge in [0.15, 0.2) is 0 Å². The Morgan fingerprint density at radius 3 is 0.585 bits per heavy atom. The smallest absolute Gasteiger partial charge is 0.326 e. The summed E-state index contributed by atoms with van der Waals surface area (Å²) in [6.07, 6.45) is -51.9. The minimum absolute atomic E-state index is 0.691. The van der Waals surface area contributed by atoms with E-state index in [4.69, 9.17) is 0 Å². The fourth-order valence-corrected chi connectivity index (χ4v) is 7.49. The summed E-state index contributed by atoms with van der Waals surface area (Å²) in [5.41, 5.74) is -30.2.